The van der Waals surface area contributed by atoms with Crippen LogP contribution in [0.4, 0.5) is 4.79 Å². The molecule has 1 N–H and O–H groups in total. The minimum Gasteiger partial charge on any atom is -0.497 e. The van der Waals surface area contributed by atoms with Gasteiger partial charge in [0.15, 0.2) is 0 Å². The van der Waals surface area contributed by atoms with Crippen molar-refractivity contribution in [1.82, 2.24) is 15.1 Å². The molecule has 1 aromatic carbocycles. The second kappa shape index (κ2) is 10.5. The lowest BCUT2D eigenvalue weighted by atomic mass is 10.1. The van der Waals surface area contributed by atoms with Crippen LogP contribution < -0.4 is 14.8 Å². The van der Waals surface area contributed by atoms with E-state index in [4.69, 9.17) is 9.47 Å². The molecule has 7 nitrogen and oxygen atoms in total. The van der Waals surface area contributed by atoms with E-state index in [1.54, 1.807) is 37.9 Å². The third-order valence-electron chi connectivity index (χ3n) is 4.76. The van der Waals surface area contributed by atoms with E-state index < -0.39 is 0 Å². The zero-order chi connectivity index (χ0) is 20.7. The van der Waals surface area contributed by atoms with Gasteiger partial charge in [-0.25, -0.2) is 4.79 Å². The molecule has 3 amide bonds. The summed E-state index contributed by atoms with van der Waals surface area (Å²) in [5.41, 5.74) is 0.911. The molecule has 1 aliphatic heterocycles. The highest BCUT2D eigenvalue weighted by Gasteiger charge is 2.41. The molecular weight excluding hydrogens is 378 g/mol. The van der Waals surface area contributed by atoms with Crippen molar-refractivity contribution in [2.45, 2.75) is 37.3 Å². The predicted molar refractivity (Wildman–Crippen MR) is 112 cm³/mol. The highest BCUT2D eigenvalue weighted by molar-refractivity contribution is 8.01. The van der Waals surface area contributed by atoms with Crippen molar-refractivity contribution in [1.29, 1.82) is 0 Å². The van der Waals surface area contributed by atoms with Gasteiger partial charge in [-0.15, -0.1) is 11.8 Å². The molecule has 1 aliphatic rings. The van der Waals surface area contributed by atoms with E-state index in [2.05, 4.69) is 5.32 Å². The molecule has 1 saturated heterocycles. The van der Waals surface area contributed by atoms with E-state index in [-0.39, 0.29) is 22.6 Å². The fraction of sp³-hybridized carbons (Fsp3) is 0.600. The number of nitrogens with zero attached hydrogens (tertiary/aromatic N) is 2. The smallest absolute Gasteiger partial charge is 0.317 e. The number of carbonyl (C=O) groups excluding carboxylic acids is 2. The summed E-state index contributed by atoms with van der Waals surface area (Å²) >= 11 is 1.62. The van der Waals surface area contributed by atoms with Gasteiger partial charge in [-0.3, -0.25) is 4.79 Å². The SMILES string of the molecule is CCCNC(=O)N(C)CCN1C(=O)[C@@H](CC)S[C@@H]1c1cc(OC)ccc1OC. The van der Waals surface area contributed by atoms with Crippen LogP contribution in [0.2, 0.25) is 0 Å². The minimum atomic E-state index is -0.172. The fourth-order valence-corrected chi connectivity index (χ4v) is 4.53. The summed E-state index contributed by atoms with van der Waals surface area (Å²) in [5, 5.41) is 2.59. The zero-order valence-electron chi connectivity index (χ0n) is 17.4. The first-order valence-corrected chi connectivity index (χ1v) is 10.6. The van der Waals surface area contributed by atoms with Gasteiger partial charge in [0.2, 0.25) is 5.91 Å². The van der Waals surface area contributed by atoms with Crippen LogP contribution >= 0.6 is 11.8 Å². The number of thioether (sulfide) groups is 1. The van der Waals surface area contributed by atoms with E-state index in [0.29, 0.717) is 19.6 Å². The summed E-state index contributed by atoms with van der Waals surface area (Å²) in [5.74, 6) is 1.55. The van der Waals surface area contributed by atoms with Crippen molar-refractivity contribution >= 4 is 23.7 Å². The number of hydrogen-bond acceptors (Lipinski definition) is 5. The lowest BCUT2D eigenvalue weighted by Crippen LogP contribution is -2.43. The molecule has 28 heavy (non-hydrogen) atoms. The van der Waals surface area contributed by atoms with Gasteiger partial charge in [0.25, 0.3) is 0 Å². The molecule has 1 heterocycles. The summed E-state index contributed by atoms with van der Waals surface area (Å²) in [6, 6.07) is 5.51. The molecule has 0 saturated carbocycles. The van der Waals surface area contributed by atoms with E-state index in [1.165, 1.54) is 0 Å². The normalized spacial score (nSPS) is 18.9. The Morgan fingerprint density at radius 1 is 1.29 bits per heavy atom. The number of hydrogen-bond donors (Lipinski definition) is 1. The highest BCUT2D eigenvalue weighted by atomic mass is 32.2. The molecule has 8 heteroatoms. The van der Waals surface area contributed by atoms with Crippen LogP contribution in [0, 0.1) is 0 Å². The van der Waals surface area contributed by atoms with Gasteiger partial charge in [0, 0.05) is 32.2 Å². The number of rotatable bonds is 9. The minimum absolute atomic E-state index is 0.0971. The second-order valence-corrected chi connectivity index (χ2v) is 7.97. The monoisotopic (exact) mass is 409 g/mol. The van der Waals surface area contributed by atoms with E-state index in [9.17, 15) is 9.59 Å². The van der Waals surface area contributed by atoms with Crippen molar-refractivity contribution in [2.24, 2.45) is 0 Å². The van der Waals surface area contributed by atoms with Crippen LogP contribution in [0.15, 0.2) is 18.2 Å². The molecule has 2 atom stereocenters. The third kappa shape index (κ3) is 5.04. The van der Waals surface area contributed by atoms with Crippen LogP contribution in [0.1, 0.15) is 37.6 Å². The van der Waals surface area contributed by atoms with Crippen molar-refractivity contribution in [2.75, 3.05) is 40.9 Å². The van der Waals surface area contributed by atoms with Crippen molar-refractivity contribution in [3.63, 3.8) is 0 Å². The Labute approximate surface area is 171 Å². The summed E-state index contributed by atoms with van der Waals surface area (Å²) in [6.07, 6.45) is 1.65. The number of urea groups is 1. The quantitative estimate of drug-likeness (QED) is 0.679. The first kappa shape index (κ1) is 22.2. The van der Waals surface area contributed by atoms with Gasteiger partial charge < -0.3 is 24.6 Å². The molecule has 2 rings (SSSR count). The van der Waals surface area contributed by atoms with Gasteiger partial charge in [0.05, 0.1) is 19.5 Å². The van der Waals surface area contributed by atoms with E-state index >= 15 is 0 Å². The third-order valence-corrected chi connectivity index (χ3v) is 6.39. The summed E-state index contributed by atoms with van der Waals surface area (Å²) in [4.78, 5) is 28.5. The molecule has 0 aromatic heterocycles. The first-order valence-electron chi connectivity index (χ1n) is 9.63. The molecule has 156 valence electrons. The Bertz CT molecular complexity index is 685. The number of methoxy groups -OCH3 is 2. The van der Waals surface area contributed by atoms with Crippen molar-refractivity contribution in [3.05, 3.63) is 23.8 Å². The zero-order valence-corrected chi connectivity index (χ0v) is 18.2. The van der Waals surface area contributed by atoms with Gasteiger partial charge >= 0.3 is 6.03 Å². The molecule has 0 unspecified atom stereocenters. The molecule has 0 bridgehead atoms. The molecule has 1 aromatic rings. The molecule has 0 spiro atoms. The van der Waals surface area contributed by atoms with Crippen LogP contribution in [0.25, 0.3) is 0 Å². The average Bonchev–Trinajstić information content (AvgIpc) is 3.04. The van der Waals surface area contributed by atoms with Gasteiger partial charge in [-0.1, -0.05) is 13.8 Å². The number of amides is 3. The van der Waals surface area contributed by atoms with Crippen LogP contribution in [0.5, 0.6) is 11.5 Å². The lowest BCUT2D eigenvalue weighted by Gasteiger charge is -2.28. The number of nitrogens with one attached hydrogen (secondary N) is 1. The van der Waals surface area contributed by atoms with Crippen molar-refractivity contribution in [3.8, 4) is 11.5 Å². The lowest BCUT2D eigenvalue weighted by molar-refractivity contribution is -0.130. The van der Waals surface area contributed by atoms with Gasteiger partial charge in [0.1, 0.15) is 16.9 Å². The predicted octanol–water partition coefficient (Wildman–Crippen LogP) is 3.11. The molecule has 1 fully saturated rings. The highest BCUT2D eigenvalue weighted by Crippen LogP contribution is 2.47. The summed E-state index contributed by atoms with van der Waals surface area (Å²) in [6.45, 7) is 5.59. The van der Waals surface area contributed by atoms with Crippen molar-refractivity contribution < 1.29 is 19.1 Å². The molecule has 0 aliphatic carbocycles. The van der Waals surface area contributed by atoms with Crippen LogP contribution in [0.3, 0.4) is 0 Å². The average molecular weight is 410 g/mol. The van der Waals surface area contributed by atoms with Crippen LogP contribution in [-0.2, 0) is 4.79 Å². The van der Waals surface area contributed by atoms with Crippen LogP contribution in [-0.4, -0.2) is 67.9 Å². The fourth-order valence-electron chi connectivity index (χ4n) is 3.09. The molecular formula is C20H31N3O4S. The largest absolute Gasteiger partial charge is 0.497 e. The maximum absolute atomic E-state index is 12.9. The maximum Gasteiger partial charge on any atom is 0.317 e. The molecule has 0 radical (unpaired) electrons. The number of likely N-dealkylation sites (N-methyl/N-ethyl adjacent to an activating group) is 1. The number of benzene rings is 1. The van der Waals surface area contributed by atoms with E-state index in [0.717, 1.165) is 29.9 Å². The maximum atomic E-state index is 12.9. The second-order valence-electron chi connectivity index (χ2n) is 6.68. The van der Waals surface area contributed by atoms with E-state index in [1.807, 2.05) is 36.9 Å². The Morgan fingerprint density at radius 3 is 2.64 bits per heavy atom. The number of carbonyl (C=O) groups is 2. The van der Waals surface area contributed by atoms with Gasteiger partial charge in [-0.05, 0) is 31.0 Å². The summed E-state index contributed by atoms with van der Waals surface area (Å²) in [7, 11) is 4.99. The Balaban J connectivity index is 2.20. The Hall–Kier alpha value is -2.09. The van der Waals surface area contributed by atoms with Gasteiger partial charge in [-0.2, -0.15) is 0 Å². The Morgan fingerprint density at radius 2 is 2.04 bits per heavy atom. The Kier molecular flexibility index (Phi) is 8.29. The summed E-state index contributed by atoms with van der Waals surface area (Å²) < 4.78 is 10.9. The first-order chi connectivity index (χ1) is 13.5. The number of ether oxygens (including phenoxy) is 2. The topological polar surface area (TPSA) is 71.1 Å². The standard InChI is InChI=1S/C20H31N3O4S/c1-6-10-21-20(25)22(3)11-12-23-18(24)17(7-2)28-19(23)15-13-14(26-4)8-9-16(15)27-5/h8-9,13,17,19H,6-7,10-12H2,1-5H3,(H,21,25)/t17-,19-/m1/s1.